The average Bonchev–Trinajstić information content (AvgIpc) is 3.54. The second-order valence-corrected chi connectivity index (χ2v) is 11.2. The molecule has 1 amide bonds. The van der Waals surface area contributed by atoms with Crippen LogP contribution in [0.5, 0.6) is 0 Å². The fraction of sp³-hybridized carbons (Fsp3) is 0.500. The molecule has 0 saturated carbocycles. The van der Waals surface area contributed by atoms with E-state index in [0.29, 0.717) is 12.1 Å². The van der Waals surface area contributed by atoms with Crippen molar-refractivity contribution in [3.63, 3.8) is 0 Å². The quantitative estimate of drug-likeness (QED) is 0.216. The lowest BCUT2D eigenvalue weighted by molar-refractivity contribution is -0.263. The average molecular weight is 617 g/mol. The first-order chi connectivity index (χ1) is 17.6. The molecule has 3 N–H and O–H groups in total. The van der Waals surface area contributed by atoms with Crippen molar-refractivity contribution in [2.75, 3.05) is 20.3 Å². The van der Waals surface area contributed by atoms with E-state index in [4.69, 9.17) is 21.1 Å². The number of aliphatic hydroxyl groups excluding tert-OH is 2. The molecule has 200 valence electrons. The molecule has 12 nitrogen and oxygen atoms in total. The summed E-state index contributed by atoms with van der Waals surface area (Å²) in [5, 5.41) is 38.1. The number of methoxy groups -OCH3 is 1. The first kappa shape index (κ1) is 28.0. The Bertz CT molecular complexity index is 1250. The number of ether oxygens (including phenoxy) is 2. The zero-order chi connectivity index (χ0) is 27.0. The Kier molecular flexibility index (Phi) is 8.00. The number of aromatic nitrogens is 6. The summed E-state index contributed by atoms with van der Waals surface area (Å²) < 4.78 is 12.8. The molecule has 3 aromatic rings. The van der Waals surface area contributed by atoms with Gasteiger partial charge in [-0.3, -0.25) is 9.78 Å². The van der Waals surface area contributed by atoms with Crippen molar-refractivity contribution < 1.29 is 24.5 Å². The third-order valence-corrected chi connectivity index (χ3v) is 7.85. The summed E-state index contributed by atoms with van der Waals surface area (Å²) in [5.41, 5.74) is -4.98. The fourth-order valence-electron chi connectivity index (χ4n) is 4.57. The third kappa shape index (κ3) is 4.37. The van der Waals surface area contributed by atoms with Crippen molar-refractivity contribution >= 4 is 46.1 Å². The molecule has 0 radical (unpaired) electrons. The van der Waals surface area contributed by atoms with Crippen LogP contribution in [0.1, 0.15) is 19.4 Å². The molecule has 5 atom stereocenters. The van der Waals surface area contributed by atoms with E-state index in [2.05, 4.69) is 54.3 Å². The van der Waals surface area contributed by atoms with Gasteiger partial charge in [0.1, 0.15) is 11.5 Å². The lowest BCUT2D eigenvalue weighted by atomic mass is 9.67. The molecule has 1 aliphatic heterocycles. The van der Waals surface area contributed by atoms with E-state index in [-0.39, 0.29) is 16.9 Å². The fourth-order valence-corrected chi connectivity index (χ4v) is 5.98. The van der Waals surface area contributed by atoms with Crippen LogP contribution in [0.25, 0.3) is 5.82 Å². The summed E-state index contributed by atoms with van der Waals surface area (Å²) in [6.07, 6.45) is 4.37. The van der Waals surface area contributed by atoms with E-state index in [1.165, 1.54) is 28.9 Å². The molecule has 37 heavy (non-hydrogen) atoms. The van der Waals surface area contributed by atoms with Crippen molar-refractivity contribution in [2.45, 2.75) is 41.0 Å². The summed E-state index contributed by atoms with van der Waals surface area (Å²) in [5.74, 6) is -0.284. The Morgan fingerprint density at radius 3 is 2.76 bits per heavy atom. The smallest absolute Gasteiger partial charge is 0.258 e. The number of hydrogen-bond acceptors (Lipinski definition) is 10. The van der Waals surface area contributed by atoms with Gasteiger partial charge >= 0.3 is 0 Å². The van der Waals surface area contributed by atoms with Crippen LogP contribution in [-0.2, 0) is 19.8 Å². The van der Waals surface area contributed by atoms with Crippen molar-refractivity contribution in [1.29, 1.82) is 0 Å². The summed E-state index contributed by atoms with van der Waals surface area (Å²) >= 11 is 14.0. The highest BCUT2D eigenvalue weighted by Crippen LogP contribution is 2.55. The topological polar surface area (TPSA) is 149 Å². The molecule has 3 aromatic heterocycles. The maximum absolute atomic E-state index is 14.1. The Labute approximate surface area is 231 Å². The number of aliphatic hydroxyl groups is 2. The van der Waals surface area contributed by atoms with Crippen molar-refractivity contribution in [3.8, 4) is 5.82 Å². The van der Waals surface area contributed by atoms with E-state index in [9.17, 15) is 15.0 Å². The first-order valence-electron chi connectivity index (χ1n) is 11.3. The molecule has 1 saturated heterocycles. The molecule has 4 heterocycles. The van der Waals surface area contributed by atoms with Gasteiger partial charge in [-0.25, -0.2) is 9.36 Å². The van der Waals surface area contributed by atoms with Crippen LogP contribution in [0, 0.1) is 5.92 Å². The van der Waals surface area contributed by atoms with Gasteiger partial charge in [0.05, 0.1) is 12.8 Å². The van der Waals surface area contributed by atoms with Crippen molar-refractivity contribution in [2.24, 2.45) is 5.92 Å². The first-order valence-corrected chi connectivity index (χ1v) is 13.0. The monoisotopic (exact) mass is 615 g/mol. The molecule has 4 rings (SSSR count). The minimum absolute atomic E-state index is 0.105. The minimum atomic E-state index is -2.05. The number of hydrogen-bond donors (Lipinski definition) is 4. The third-order valence-electron chi connectivity index (χ3n) is 6.31. The van der Waals surface area contributed by atoms with E-state index in [1.54, 1.807) is 30.6 Å². The molecule has 0 spiro atoms. The van der Waals surface area contributed by atoms with E-state index < -0.39 is 39.7 Å². The van der Waals surface area contributed by atoms with E-state index >= 15 is 0 Å². The maximum Gasteiger partial charge on any atom is 0.258 e. The zero-order valence-corrected chi connectivity index (χ0v) is 23.4. The van der Waals surface area contributed by atoms with Crippen molar-refractivity contribution in [1.82, 2.24) is 35.1 Å². The number of thiol groups is 1. The van der Waals surface area contributed by atoms with Gasteiger partial charge in [-0.15, -0.1) is 17.7 Å². The molecule has 0 aromatic carbocycles. The number of amides is 1. The molecule has 1 unspecified atom stereocenters. The van der Waals surface area contributed by atoms with Crippen LogP contribution >= 0.6 is 40.2 Å². The molecule has 0 bridgehead atoms. The van der Waals surface area contributed by atoms with Crippen LogP contribution < -0.4 is 5.32 Å². The van der Waals surface area contributed by atoms with Crippen LogP contribution in [0.3, 0.4) is 0 Å². The Morgan fingerprint density at radius 2 is 2.19 bits per heavy atom. The summed E-state index contributed by atoms with van der Waals surface area (Å²) in [6.45, 7) is 3.49. The zero-order valence-electron chi connectivity index (χ0n) is 20.2. The number of pyridine rings is 1. The summed E-state index contributed by atoms with van der Waals surface area (Å²) in [7, 11) is 1.31. The second kappa shape index (κ2) is 10.6. The van der Waals surface area contributed by atoms with Gasteiger partial charge < -0.3 is 25.0 Å². The highest BCUT2D eigenvalue weighted by molar-refractivity contribution is 9.10. The van der Waals surface area contributed by atoms with Crippen LogP contribution in [0.2, 0.25) is 5.15 Å². The number of rotatable bonds is 8. The van der Waals surface area contributed by atoms with Crippen LogP contribution in [0.4, 0.5) is 0 Å². The molecule has 1 fully saturated rings. The summed E-state index contributed by atoms with van der Waals surface area (Å²) in [6, 6.07) is 4.86. The molecular formula is C22H27BrClN7O5S. The van der Waals surface area contributed by atoms with Gasteiger partial charge in [0.15, 0.2) is 21.0 Å². The van der Waals surface area contributed by atoms with Crippen molar-refractivity contribution in [3.05, 3.63) is 53.7 Å². The predicted molar refractivity (Wildman–Crippen MR) is 140 cm³/mol. The van der Waals surface area contributed by atoms with Gasteiger partial charge in [-0.05, 0) is 34.0 Å². The highest BCUT2D eigenvalue weighted by atomic mass is 79.9. The van der Waals surface area contributed by atoms with Crippen LogP contribution in [0.15, 0.2) is 43.0 Å². The number of nitrogens with zero attached hydrogens (tertiary/aromatic N) is 6. The Morgan fingerprint density at radius 1 is 1.43 bits per heavy atom. The van der Waals surface area contributed by atoms with Crippen LogP contribution in [-0.4, -0.2) is 87.8 Å². The lowest BCUT2D eigenvalue weighted by Gasteiger charge is -2.59. The Balaban J connectivity index is 2.06. The normalized spacial score (nSPS) is 30.0. The van der Waals surface area contributed by atoms with Gasteiger partial charge in [-0.1, -0.05) is 36.7 Å². The Hall–Kier alpha value is -2.07. The van der Waals surface area contributed by atoms with Gasteiger partial charge in [-0.2, -0.15) is 5.10 Å². The molecule has 1 aliphatic rings. The van der Waals surface area contributed by atoms with Gasteiger partial charge in [0, 0.05) is 37.8 Å². The number of carbonyl (C=O) groups is 1. The summed E-state index contributed by atoms with van der Waals surface area (Å²) in [4.78, 5) is 18.3. The number of carbonyl (C=O) groups excluding carboxylic acids is 1. The number of halogens is 2. The van der Waals surface area contributed by atoms with E-state index in [0.717, 1.165) is 0 Å². The van der Waals surface area contributed by atoms with E-state index in [1.807, 2.05) is 13.8 Å². The maximum atomic E-state index is 14.1. The largest absolute Gasteiger partial charge is 0.392 e. The predicted octanol–water partition coefficient (Wildman–Crippen LogP) is 1.14. The molecular weight excluding hydrogens is 590 g/mol. The highest BCUT2D eigenvalue weighted by Gasteiger charge is 2.75. The number of nitrogens with one attached hydrogen (secondary N) is 1. The lowest BCUT2D eigenvalue weighted by Crippen LogP contribution is -2.81. The number of alkyl halides is 1. The second-order valence-electron chi connectivity index (χ2n) is 8.97. The molecule has 0 aliphatic carbocycles. The van der Waals surface area contributed by atoms with Gasteiger partial charge in [0.25, 0.3) is 5.91 Å². The minimum Gasteiger partial charge on any atom is -0.392 e. The SMILES string of the molecule is CO[C@@]1(C(=O)NCC(C)C)[C@@H](S)O[C@](Br)(CO)[C@H](O)C1(c1cccnc1)n1cc(-n2ccc(Cl)n2)nn1. The van der Waals surface area contributed by atoms with Gasteiger partial charge in [0.2, 0.25) is 5.60 Å². The standard InChI is InChI=1S/C22H27BrClN7O5S/c1-13(2)9-26-18(34)22(35-3)19(37)36-20(23,12-32)17(33)21(22,14-5-4-7-25-10-14)31-11-16(27-29-31)30-8-6-15(24)28-30/h4-8,10-11,13,17,19,32-33,37H,9,12H2,1-3H3,(H,26,34)/t17-,19+,20+,21?,22-/m0/s1. The molecule has 15 heteroatoms.